The van der Waals surface area contributed by atoms with Gasteiger partial charge in [-0.3, -0.25) is 0 Å². The summed E-state index contributed by atoms with van der Waals surface area (Å²) in [7, 11) is 0. The number of rotatable bonds is 3. The molecular formula is C46H34BNS. The van der Waals surface area contributed by atoms with Crippen LogP contribution in [0.4, 0.5) is 17.1 Å². The van der Waals surface area contributed by atoms with Gasteiger partial charge in [0.1, 0.15) is 0 Å². The molecule has 0 atom stereocenters. The lowest BCUT2D eigenvalue weighted by atomic mass is 9.37. The third kappa shape index (κ3) is 4.25. The molecule has 0 spiro atoms. The monoisotopic (exact) mass is 643 g/mol. The van der Waals surface area contributed by atoms with E-state index in [1.165, 1.54) is 92.6 Å². The number of anilines is 3. The highest BCUT2D eigenvalue weighted by molar-refractivity contribution is 7.26. The average molecular weight is 644 g/mol. The quantitative estimate of drug-likeness (QED) is 0.173. The van der Waals surface area contributed by atoms with E-state index in [1.54, 1.807) is 0 Å². The van der Waals surface area contributed by atoms with E-state index in [9.17, 15) is 0 Å². The number of thiophene rings is 1. The van der Waals surface area contributed by atoms with Crippen molar-refractivity contribution in [2.45, 2.75) is 26.2 Å². The van der Waals surface area contributed by atoms with Gasteiger partial charge in [0.15, 0.2) is 0 Å². The molecule has 0 amide bonds. The van der Waals surface area contributed by atoms with Gasteiger partial charge in [-0.25, -0.2) is 0 Å². The van der Waals surface area contributed by atoms with Crippen LogP contribution in [0.2, 0.25) is 0 Å². The smallest absolute Gasteiger partial charge is 0.248 e. The molecule has 0 unspecified atom stereocenters. The van der Waals surface area contributed by atoms with Crippen molar-refractivity contribution in [1.82, 2.24) is 0 Å². The zero-order valence-corrected chi connectivity index (χ0v) is 28.7. The minimum absolute atomic E-state index is 0.0256. The van der Waals surface area contributed by atoms with Gasteiger partial charge in [-0.05, 0) is 92.2 Å². The summed E-state index contributed by atoms with van der Waals surface area (Å²) in [6.45, 7) is 7.11. The van der Waals surface area contributed by atoms with Gasteiger partial charge in [-0.1, -0.05) is 135 Å². The highest BCUT2D eigenvalue weighted by Gasteiger charge is 2.43. The summed E-state index contributed by atoms with van der Waals surface area (Å²) in [6, 6.07) is 56.9. The van der Waals surface area contributed by atoms with Crippen molar-refractivity contribution in [1.29, 1.82) is 0 Å². The van der Waals surface area contributed by atoms with E-state index in [2.05, 4.69) is 177 Å². The van der Waals surface area contributed by atoms with Crippen LogP contribution in [-0.2, 0) is 5.41 Å². The lowest BCUT2D eigenvalue weighted by molar-refractivity contribution is 0.590. The topological polar surface area (TPSA) is 3.24 Å². The number of hydrogen-bond acceptors (Lipinski definition) is 2. The Morgan fingerprint density at radius 3 is 2.06 bits per heavy atom. The lowest BCUT2D eigenvalue weighted by Gasteiger charge is -2.37. The summed E-state index contributed by atoms with van der Waals surface area (Å²) in [5.41, 5.74) is 17.0. The molecule has 3 heteroatoms. The average Bonchev–Trinajstić information content (AvgIpc) is 3.68. The predicted octanol–water partition coefficient (Wildman–Crippen LogP) is 11.0. The molecule has 0 aliphatic carbocycles. The standard InChI is InChI=1S/C46H34BNS/c1-46(2,3)31-24-25-39(35(28-31)29-14-5-4-6-15-29)48-40-21-11-10-20-38(40)47-37-19-9-7-16-33(37)36-26-30(27-41(48)45(36)47)32-18-13-23-43-44(32)34-17-8-12-22-42(34)49-43/h4-28H,1-3H3. The Kier molecular flexibility index (Phi) is 6.17. The number of benzene rings is 7. The van der Waals surface area contributed by atoms with E-state index in [0.717, 1.165) is 0 Å². The molecule has 7 aromatic carbocycles. The van der Waals surface area contributed by atoms with Crippen molar-refractivity contribution in [2.24, 2.45) is 0 Å². The predicted molar refractivity (Wildman–Crippen MR) is 214 cm³/mol. The fraction of sp³-hybridized carbons (Fsp3) is 0.0870. The molecule has 0 saturated heterocycles. The second-order valence-corrected chi connectivity index (χ2v) is 15.6. The first-order chi connectivity index (χ1) is 24.0. The van der Waals surface area contributed by atoms with E-state index in [4.69, 9.17) is 0 Å². The third-order valence-electron chi connectivity index (χ3n) is 10.6. The van der Waals surface area contributed by atoms with Gasteiger partial charge in [0.2, 0.25) is 6.71 Å². The van der Waals surface area contributed by atoms with Gasteiger partial charge in [-0.15, -0.1) is 11.3 Å². The molecule has 0 saturated carbocycles. The summed E-state index contributed by atoms with van der Waals surface area (Å²) < 4.78 is 2.66. The first-order valence-corrected chi connectivity index (χ1v) is 18.0. The molecule has 8 aromatic rings. The van der Waals surface area contributed by atoms with Crippen LogP contribution < -0.4 is 21.3 Å². The highest BCUT2D eigenvalue weighted by atomic mass is 32.1. The molecule has 232 valence electrons. The Hall–Kier alpha value is -5.38. The normalized spacial score (nSPS) is 13.1. The fourth-order valence-electron chi connectivity index (χ4n) is 8.36. The van der Waals surface area contributed by atoms with Crippen LogP contribution in [0.1, 0.15) is 26.3 Å². The Labute approximate surface area is 292 Å². The molecule has 2 aliphatic heterocycles. The molecule has 1 aromatic heterocycles. The van der Waals surface area contributed by atoms with E-state index in [1.807, 2.05) is 11.3 Å². The van der Waals surface area contributed by atoms with Crippen LogP contribution in [-0.4, -0.2) is 6.71 Å². The van der Waals surface area contributed by atoms with Gasteiger partial charge in [0.05, 0.1) is 5.69 Å². The van der Waals surface area contributed by atoms with Gasteiger partial charge in [-0.2, -0.15) is 0 Å². The highest BCUT2D eigenvalue weighted by Crippen LogP contribution is 2.48. The minimum atomic E-state index is 0.0256. The van der Waals surface area contributed by atoms with Crippen LogP contribution in [0.3, 0.4) is 0 Å². The second-order valence-electron chi connectivity index (χ2n) is 14.5. The van der Waals surface area contributed by atoms with E-state index >= 15 is 0 Å². The van der Waals surface area contributed by atoms with Crippen LogP contribution >= 0.6 is 11.3 Å². The summed E-state index contributed by atoms with van der Waals surface area (Å²) in [5.74, 6) is 0. The maximum Gasteiger partial charge on any atom is 0.248 e. The number of hydrogen-bond donors (Lipinski definition) is 0. The minimum Gasteiger partial charge on any atom is -0.311 e. The van der Waals surface area contributed by atoms with E-state index in [0.29, 0.717) is 0 Å². The first-order valence-electron chi connectivity index (χ1n) is 17.2. The number of fused-ring (bicyclic) bond motifs is 8. The number of nitrogens with zero attached hydrogens (tertiary/aromatic N) is 1. The van der Waals surface area contributed by atoms with Crippen LogP contribution in [0.15, 0.2) is 152 Å². The molecule has 49 heavy (non-hydrogen) atoms. The van der Waals surface area contributed by atoms with Gasteiger partial charge in [0.25, 0.3) is 0 Å². The largest absolute Gasteiger partial charge is 0.311 e. The zero-order chi connectivity index (χ0) is 32.9. The Bertz CT molecular complexity index is 2610. The Morgan fingerprint density at radius 1 is 0.490 bits per heavy atom. The summed E-state index contributed by atoms with van der Waals surface area (Å²) in [6.07, 6.45) is 0. The molecule has 10 rings (SSSR count). The van der Waals surface area contributed by atoms with Crippen LogP contribution in [0.25, 0.3) is 53.6 Å². The van der Waals surface area contributed by atoms with Crippen molar-refractivity contribution in [3.8, 4) is 33.4 Å². The van der Waals surface area contributed by atoms with Crippen LogP contribution in [0, 0.1) is 0 Å². The summed E-state index contributed by atoms with van der Waals surface area (Å²) in [5, 5.41) is 2.68. The SMILES string of the molecule is CC(C)(C)c1ccc(N2c3ccccc3B3c4ccccc4-c4cc(-c5cccc6sc7ccccc7c56)cc2c43)c(-c2ccccc2)c1. The maximum absolute atomic E-state index is 2.57. The van der Waals surface area contributed by atoms with E-state index < -0.39 is 0 Å². The third-order valence-corrected chi connectivity index (χ3v) is 11.8. The second kappa shape index (κ2) is 10.6. The Morgan fingerprint density at radius 2 is 1.20 bits per heavy atom. The molecular weight excluding hydrogens is 609 g/mol. The molecule has 0 radical (unpaired) electrons. The number of para-hydroxylation sites is 1. The maximum atomic E-state index is 2.57. The summed E-state index contributed by atoms with van der Waals surface area (Å²) >= 11 is 1.89. The van der Waals surface area contributed by atoms with E-state index in [-0.39, 0.29) is 12.1 Å². The zero-order valence-electron chi connectivity index (χ0n) is 27.9. The molecule has 0 fully saturated rings. The van der Waals surface area contributed by atoms with Crippen molar-refractivity contribution < 1.29 is 0 Å². The van der Waals surface area contributed by atoms with Crippen molar-refractivity contribution in [3.05, 3.63) is 157 Å². The lowest BCUT2D eigenvalue weighted by Crippen LogP contribution is -2.54. The van der Waals surface area contributed by atoms with Crippen molar-refractivity contribution >= 4 is 71.7 Å². The van der Waals surface area contributed by atoms with Gasteiger partial charge in [0, 0.05) is 37.1 Å². The summed E-state index contributed by atoms with van der Waals surface area (Å²) in [4.78, 5) is 2.57. The molecule has 3 heterocycles. The molecule has 1 nitrogen and oxygen atoms in total. The molecule has 0 N–H and O–H groups in total. The van der Waals surface area contributed by atoms with Crippen LogP contribution in [0.5, 0.6) is 0 Å². The Balaban J connectivity index is 1.31. The molecule has 0 bridgehead atoms. The van der Waals surface area contributed by atoms with Crippen molar-refractivity contribution in [2.75, 3.05) is 4.90 Å². The fourth-order valence-corrected chi connectivity index (χ4v) is 9.50. The van der Waals surface area contributed by atoms with Gasteiger partial charge >= 0.3 is 0 Å². The molecule has 2 aliphatic rings. The van der Waals surface area contributed by atoms with Gasteiger partial charge < -0.3 is 4.90 Å². The first kappa shape index (κ1) is 28.6. The van der Waals surface area contributed by atoms with Crippen molar-refractivity contribution in [3.63, 3.8) is 0 Å².